The number of nitrogens with two attached hydrogens (primary N) is 1. The van der Waals surface area contributed by atoms with Gasteiger partial charge in [-0.2, -0.15) is 5.10 Å². The molecule has 1 fully saturated rings. The summed E-state index contributed by atoms with van der Waals surface area (Å²) in [5.41, 5.74) is 9.60. The van der Waals surface area contributed by atoms with Gasteiger partial charge in [-0.3, -0.25) is 19.2 Å². The van der Waals surface area contributed by atoms with Crippen LogP contribution in [0.4, 0.5) is 19.3 Å². The lowest BCUT2D eigenvalue weighted by Crippen LogP contribution is -2.55. The Labute approximate surface area is 351 Å². The lowest BCUT2D eigenvalue weighted by Gasteiger charge is -2.23. The number of amides is 4. The molecule has 0 bridgehead atoms. The van der Waals surface area contributed by atoms with Crippen molar-refractivity contribution in [1.29, 1.82) is 0 Å². The first-order valence-electron chi connectivity index (χ1n) is 18.1. The Balaban J connectivity index is 0.00000360. The predicted molar refractivity (Wildman–Crippen MR) is 224 cm³/mol. The summed E-state index contributed by atoms with van der Waals surface area (Å²) in [6, 6.07) is 20.1. The number of fused-ring (bicyclic) bond motifs is 1. The van der Waals surface area contributed by atoms with E-state index in [1.54, 1.807) is 35.0 Å². The summed E-state index contributed by atoms with van der Waals surface area (Å²) >= 11 is 13.1. The topological polar surface area (TPSA) is 146 Å². The molecule has 0 unspecified atom stereocenters. The van der Waals surface area contributed by atoms with Crippen LogP contribution in [-0.2, 0) is 35.6 Å². The smallest absolute Gasteiger partial charge is 0.319 e. The van der Waals surface area contributed by atoms with Crippen molar-refractivity contribution in [1.82, 2.24) is 30.6 Å². The first-order chi connectivity index (χ1) is 26.6. The van der Waals surface area contributed by atoms with E-state index in [-0.39, 0.29) is 62.9 Å². The quantitative estimate of drug-likeness (QED) is 0.0768. The molecule has 1 aliphatic rings. The van der Waals surface area contributed by atoms with E-state index in [2.05, 4.69) is 26.2 Å². The number of halogens is 6. The van der Waals surface area contributed by atoms with E-state index in [1.807, 2.05) is 36.4 Å². The molecule has 4 aromatic carbocycles. The van der Waals surface area contributed by atoms with Gasteiger partial charge in [0.05, 0.1) is 17.8 Å². The summed E-state index contributed by atoms with van der Waals surface area (Å²) in [6.07, 6.45) is 2.16. The molecule has 0 radical (unpaired) electrons. The average molecular weight is 865 g/mol. The van der Waals surface area contributed by atoms with Gasteiger partial charge < -0.3 is 27.0 Å². The second-order valence-electron chi connectivity index (χ2n) is 13.5. The zero-order valence-corrected chi connectivity index (χ0v) is 33.9. The number of carbonyl (C=O) groups is 3. The molecule has 5 aromatic rings. The van der Waals surface area contributed by atoms with Gasteiger partial charge in [-0.05, 0) is 92.5 Å². The number of benzene rings is 4. The number of anilines is 1. The molecule has 6 N–H and O–H groups in total. The molecule has 304 valence electrons. The molecule has 57 heavy (non-hydrogen) atoms. The highest BCUT2D eigenvalue weighted by molar-refractivity contribution is 6.36. The SMILES string of the molecule is Cl.Cl.NCC[C@H](NC(=O)[C@H](Cc1ccc(F)c(F)c1)NC(=O)Nc1ccc2c(CN3CCCC3)nn(Cc3c(Cl)cccc3Cl)c2c1)C(=O)NCc1ccccc1. The van der Waals surface area contributed by atoms with Crippen molar-refractivity contribution in [2.24, 2.45) is 5.73 Å². The number of hydrogen-bond donors (Lipinski definition) is 5. The molecule has 1 saturated heterocycles. The predicted octanol–water partition coefficient (Wildman–Crippen LogP) is 6.99. The van der Waals surface area contributed by atoms with E-state index in [4.69, 9.17) is 34.0 Å². The highest BCUT2D eigenvalue weighted by Gasteiger charge is 2.28. The minimum Gasteiger partial charge on any atom is -0.350 e. The molecule has 1 aliphatic heterocycles. The molecule has 11 nitrogen and oxygen atoms in total. The zero-order chi connectivity index (χ0) is 38.9. The monoisotopic (exact) mass is 862 g/mol. The van der Waals surface area contributed by atoms with Crippen LogP contribution in [0.5, 0.6) is 0 Å². The number of nitrogens with zero attached hydrogens (tertiary/aromatic N) is 3. The third-order valence-electron chi connectivity index (χ3n) is 9.47. The molecule has 2 heterocycles. The maximum absolute atomic E-state index is 14.2. The molecular formula is C40H44Cl4F2N8O3. The van der Waals surface area contributed by atoms with Crippen LogP contribution in [0, 0.1) is 11.6 Å². The molecule has 17 heteroatoms. The maximum atomic E-state index is 14.2. The minimum absolute atomic E-state index is 0. The minimum atomic E-state index is -1.30. The van der Waals surface area contributed by atoms with Gasteiger partial charge in [0, 0.05) is 46.2 Å². The van der Waals surface area contributed by atoms with E-state index in [0.29, 0.717) is 27.8 Å². The van der Waals surface area contributed by atoms with Gasteiger partial charge in [0.25, 0.3) is 0 Å². The lowest BCUT2D eigenvalue weighted by atomic mass is 10.0. The number of urea groups is 1. The van der Waals surface area contributed by atoms with Crippen LogP contribution in [0.15, 0.2) is 84.9 Å². The second kappa shape index (κ2) is 21.3. The number of hydrogen-bond acceptors (Lipinski definition) is 6. The van der Waals surface area contributed by atoms with Crippen molar-refractivity contribution >= 4 is 82.5 Å². The van der Waals surface area contributed by atoms with Gasteiger partial charge in [0.2, 0.25) is 11.8 Å². The average Bonchev–Trinajstić information content (AvgIpc) is 3.81. The molecule has 0 saturated carbocycles. The van der Waals surface area contributed by atoms with Gasteiger partial charge in [-0.25, -0.2) is 13.6 Å². The van der Waals surface area contributed by atoms with Crippen molar-refractivity contribution in [2.75, 3.05) is 25.0 Å². The van der Waals surface area contributed by atoms with Gasteiger partial charge in [-0.15, -0.1) is 24.8 Å². The lowest BCUT2D eigenvalue weighted by molar-refractivity contribution is -0.130. The van der Waals surface area contributed by atoms with Gasteiger partial charge in [0.1, 0.15) is 12.1 Å². The number of likely N-dealkylation sites (tertiary alicyclic amines) is 1. The standard InChI is InChI=1S/C40H42Cl2F2N8O3.2ClH/c41-30-9-6-10-31(42)29(30)23-52-37-21-27(12-13-28(37)36(50-52)24-51-17-4-5-18-51)47-40(55)49-35(20-26-11-14-32(43)33(44)19-26)39(54)48-34(15-16-45)38(53)46-22-25-7-2-1-3-8-25;;/h1-3,6-14,19,21,34-35H,4-5,15-18,20,22-24,45H2,(H,46,53)(H,48,54)(H2,47,49,55);2*1H/t34-,35-;;/m0../s1. The summed E-state index contributed by atoms with van der Waals surface area (Å²) in [4.78, 5) is 42.8. The Morgan fingerprint density at radius 1 is 0.789 bits per heavy atom. The highest BCUT2D eigenvalue weighted by atomic mass is 35.5. The molecule has 0 spiro atoms. The summed E-state index contributed by atoms with van der Waals surface area (Å²) < 4.78 is 29.8. The van der Waals surface area contributed by atoms with Crippen molar-refractivity contribution in [3.63, 3.8) is 0 Å². The Morgan fingerprint density at radius 3 is 2.19 bits per heavy atom. The van der Waals surface area contributed by atoms with Crippen molar-refractivity contribution in [3.8, 4) is 0 Å². The van der Waals surface area contributed by atoms with Crippen LogP contribution in [0.2, 0.25) is 10.0 Å². The van der Waals surface area contributed by atoms with Crippen molar-refractivity contribution in [3.05, 3.63) is 129 Å². The van der Waals surface area contributed by atoms with E-state index >= 15 is 0 Å². The maximum Gasteiger partial charge on any atom is 0.319 e. The number of aromatic nitrogens is 2. The number of carbonyl (C=O) groups excluding carboxylic acids is 3. The molecule has 6 rings (SSSR count). The van der Waals surface area contributed by atoms with Crippen molar-refractivity contribution in [2.45, 2.75) is 57.4 Å². The van der Waals surface area contributed by atoms with E-state index in [0.717, 1.165) is 60.2 Å². The second-order valence-corrected chi connectivity index (χ2v) is 14.3. The van der Waals surface area contributed by atoms with Crippen LogP contribution in [0.1, 0.15) is 41.6 Å². The highest BCUT2D eigenvalue weighted by Crippen LogP contribution is 2.29. The first kappa shape index (κ1) is 45.2. The number of rotatable bonds is 15. The van der Waals surface area contributed by atoms with Crippen molar-refractivity contribution < 1.29 is 23.2 Å². The van der Waals surface area contributed by atoms with Crippen LogP contribution in [0.3, 0.4) is 0 Å². The van der Waals surface area contributed by atoms with Crippen LogP contribution in [-0.4, -0.2) is 64.2 Å². The fourth-order valence-corrected chi connectivity index (χ4v) is 7.11. The van der Waals surface area contributed by atoms with Crippen LogP contribution >= 0.6 is 48.0 Å². The molecular weight excluding hydrogens is 820 g/mol. The normalized spacial score (nSPS) is 13.6. The summed E-state index contributed by atoms with van der Waals surface area (Å²) in [5.74, 6) is -3.34. The largest absolute Gasteiger partial charge is 0.350 e. The zero-order valence-electron chi connectivity index (χ0n) is 30.8. The van der Waals surface area contributed by atoms with E-state index in [9.17, 15) is 23.2 Å². The Morgan fingerprint density at radius 2 is 1.51 bits per heavy atom. The summed E-state index contributed by atoms with van der Waals surface area (Å²) in [5, 5.41) is 17.8. The first-order valence-corrected chi connectivity index (χ1v) is 18.8. The van der Waals surface area contributed by atoms with Gasteiger partial charge >= 0.3 is 6.03 Å². The summed E-state index contributed by atoms with van der Waals surface area (Å²) in [6.45, 7) is 3.22. The Kier molecular flexibility index (Phi) is 16.9. The summed E-state index contributed by atoms with van der Waals surface area (Å²) in [7, 11) is 0. The Hall–Kier alpha value is -4.50. The molecule has 4 amide bonds. The fraction of sp³-hybridized carbons (Fsp3) is 0.300. The van der Waals surface area contributed by atoms with E-state index < -0.39 is 41.6 Å². The van der Waals surface area contributed by atoms with Crippen LogP contribution < -0.4 is 27.0 Å². The van der Waals surface area contributed by atoms with Gasteiger partial charge in [-0.1, -0.05) is 65.7 Å². The molecule has 0 aliphatic carbocycles. The Bertz CT molecular complexity index is 2130. The number of nitrogens with one attached hydrogen (secondary N) is 4. The van der Waals surface area contributed by atoms with Crippen LogP contribution in [0.25, 0.3) is 10.9 Å². The van der Waals surface area contributed by atoms with Gasteiger partial charge in [0.15, 0.2) is 11.6 Å². The van der Waals surface area contributed by atoms with E-state index in [1.165, 1.54) is 6.07 Å². The fourth-order valence-electron chi connectivity index (χ4n) is 6.60. The third kappa shape index (κ3) is 12.0. The molecule has 1 aromatic heterocycles. The molecule has 2 atom stereocenters. The third-order valence-corrected chi connectivity index (χ3v) is 10.2.